The Bertz CT molecular complexity index is 783. The van der Waals surface area contributed by atoms with Crippen molar-refractivity contribution in [1.29, 1.82) is 0 Å². The van der Waals surface area contributed by atoms with Crippen LogP contribution in [0, 0.1) is 0 Å². The number of hydrogen-bond donors (Lipinski definition) is 2. The Morgan fingerprint density at radius 3 is 2.75 bits per heavy atom. The van der Waals surface area contributed by atoms with E-state index < -0.39 is 11.9 Å². The fraction of sp³-hybridized carbons (Fsp3) is 0.294. The monoisotopic (exact) mass is 343 g/mol. The molecule has 6 nitrogen and oxygen atoms in total. The molecule has 1 fully saturated rings. The summed E-state index contributed by atoms with van der Waals surface area (Å²) in [5.41, 5.74) is 2.20. The van der Waals surface area contributed by atoms with Crippen molar-refractivity contribution in [3.63, 3.8) is 0 Å². The third kappa shape index (κ3) is 3.51. The van der Waals surface area contributed by atoms with Gasteiger partial charge in [0.2, 0.25) is 11.8 Å². The second-order valence-electron chi connectivity index (χ2n) is 5.56. The number of rotatable bonds is 4. The molecule has 0 radical (unpaired) electrons. The van der Waals surface area contributed by atoms with Crippen molar-refractivity contribution in [2.45, 2.75) is 32.2 Å². The van der Waals surface area contributed by atoms with Gasteiger partial charge in [-0.2, -0.15) is 0 Å². The van der Waals surface area contributed by atoms with Gasteiger partial charge in [-0.3, -0.25) is 19.7 Å². The van der Waals surface area contributed by atoms with Crippen LogP contribution in [0.1, 0.15) is 35.0 Å². The number of amides is 3. The number of aryl methyl sites for hydroxylation is 1. The number of benzene rings is 1. The molecule has 0 aliphatic carbocycles. The molecule has 1 aliphatic heterocycles. The van der Waals surface area contributed by atoms with Crippen LogP contribution in [0.2, 0.25) is 0 Å². The Morgan fingerprint density at radius 2 is 2.08 bits per heavy atom. The average Bonchev–Trinajstić information content (AvgIpc) is 3.07. The van der Waals surface area contributed by atoms with Gasteiger partial charge in [-0.25, -0.2) is 4.98 Å². The van der Waals surface area contributed by atoms with Gasteiger partial charge >= 0.3 is 0 Å². The van der Waals surface area contributed by atoms with E-state index in [2.05, 4.69) is 22.5 Å². The maximum atomic E-state index is 12.3. The van der Waals surface area contributed by atoms with Crippen LogP contribution in [-0.4, -0.2) is 28.7 Å². The minimum absolute atomic E-state index is 0.231. The van der Waals surface area contributed by atoms with Gasteiger partial charge < -0.3 is 5.32 Å². The molecular weight excluding hydrogens is 326 g/mol. The number of imide groups is 1. The number of thiazole rings is 1. The zero-order valence-electron chi connectivity index (χ0n) is 13.2. The summed E-state index contributed by atoms with van der Waals surface area (Å²) in [4.78, 5) is 39.8. The number of piperidine rings is 1. The number of nitrogens with one attached hydrogen (secondary N) is 2. The molecule has 2 N–H and O–H groups in total. The number of carbonyl (C=O) groups excluding carboxylic acids is 3. The van der Waals surface area contributed by atoms with Gasteiger partial charge in [-0.15, -0.1) is 11.3 Å². The average molecular weight is 343 g/mol. The van der Waals surface area contributed by atoms with Crippen molar-refractivity contribution < 1.29 is 14.4 Å². The van der Waals surface area contributed by atoms with Crippen LogP contribution in [0.25, 0.3) is 10.6 Å². The number of nitrogens with zero attached hydrogens (tertiary/aromatic N) is 1. The van der Waals surface area contributed by atoms with E-state index in [1.807, 2.05) is 24.3 Å². The molecule has 2 aromatic rings. The normalized spacial score (nSPS) is 17.5. The maximum Gasteiger partial charge on any atom is 0.263 e. The van der Waals surface area contributed by atoms with E-state index in [-0.39, 0.29) is 18.2 Å². The Hall–Kier alpha value is -2.54. The second kappa shape index (κ2) is 6.92. The van der Waals surface area contributed by atoms with Crippen LogP contribution in [0.15, 0.2) is 30.5 Å². The van der Waals surface area contributed by atoms with Gasteiger partial charge in [0, 0.05) is 12.0 Å². The van der Waals surface area contributed by atoms with Gasteiger partial charge in [0.15, 0.2) is 0 Å². The first-order valence-electron chi connectivity index (χ1n) is 7.76. The molecule has 0 bridgehead atoms. The van der Waals surface area contributed by atoms with Gasteiger partial charge in [0.1, 0.15) is 15.9 Å². The van der Waals surface area contributed by atoms with E-state index in [4.69, 9.17) is 0 Å². The highest BCUT2D eigenvalue weighted by Gasteiger charge is 2.28. The van der Waals surface area contributed by atoms with Crippen LogP contribution in [0.4, 0.5) is 0 Å². The lowest BCUT2D eigenvalue weighted by Crippen LogP contribution is -2.52. The molecule has 7 heteroatoms. The molecule has 3 amide bonds. The van der Waals surface area contributed by atoms with Gasteiger partial charge in [0.05, 0.1) is 6.20 Å². The summed E-state index contributed by atoms with van der Waals surface area (Å²) in [6.45, 7) is 2.09. The summed E-state index contributed by atoms with van der Waals surface area (Å²) in [5.74, 6) is -1.11. The number of aromatic nitrogens is 1. The molecule has 1 aliphatic rings. The molecule has 124 valence electrons. The third-order valence-electron chi connectivity index (χ3n) is 3.88. The van der Waals surface area contributed by atoms with Crippen molar-refractivity contribution in [3.05, 3.63) is 40.9 Å². The second-order valence-corrected chi connectivity index (χ2v) is 6.59. The summed E-state index contributed by atoms with van der Waals surface area (Å²) < 4.78 is 0. The first-order chi connectivity index (χ1) is 11.6. The highest BCUT2D eigenvalue weighted by Crippen LogP contribution is 2.25. The number of hydrogen-bond acceptors (Lipinski definition) is 5. The van der Waals surface area contributed by atoms with Crippen LogP contribution in [0.3, 0.4) is 0 Å². The van der Waals surface area contributed by atoms with Crippen molar-refractivity contribution in [2.75, 3.05) is 0 Å². The highest BCUT2D eigenvalue weighted by atomic mass is 32.1. The molecule has 1 unspecified atom stereocenters. The molecule has 24 heavy (non-hydrogen) atoms. The Morgan fingerprint density at radius 1 is 1.33 bits per heavy atom. The van der Waals surface area contributed by atoms with Gasteiger partial charge in [-0.1, -0.05) is 31.2 Å². The minimum atomic E-state index is -0.676. The van der Waals surface area contributed by atoms with E-state index in [0.29, 0.717) is 11.3 Å². The Kier molecular flexibility index (Phi) is 4.71. The third-order valence-corrected chi connectivity index (χ3v) is 4.93. The Labute approximate surface area is 143 Å². The summed E-state index contributed by atoms with van der Waals surface area (Å²) in [5, 5.41) is 5.63. The lowest BCUT2D eigenvalue weighted by atomic mass is 10.1. The van der Waals surface area contributed by atoms with E-state index in [1.165, 1.54) is 23.1 Å². The zero-order valence-corrected chi connectivity index (χ0v) is 14.0. The highest BCUT2D eigenvalue weighted by molar-refractivity contribution is 7.16. The molecule has 1 atom stereocenters. The first kappa shape index (κ1) is 16.3. The lowest BCUT2D eigenvalue weighted by Gasteiger charge is -2.21. The van der Waals surface area contributed by atoms with Crippen molar-refractivity contribution >= 4 is 29.1 Å². The van der Waals surface area contributed by atoms with E-state index in [1.54, 1.807) is 0 Å². The predicted octanol–water partition coefficient (Wildman–Crippen LogP) is 1.91. The summed E-state index contributed by atoms with van der Waals surface area (Å²) >= 11 is 1.28. The van der Waals surface area contributed by atoms with Crippen LogP contribution in [-0.2, 0) is 16.0 Å². The standard InChI is InChI=1S/C17H17N3O3S/c1-2-10-3-5-11(6-4-10)17-18-9-13(24-17)16(23)19-12-7-8-14(21)20-15(12)22/h3-6,9,12H,2,7-8H2,1H3,(H,19,23)(H,20,21,22). The largest absolute Gasteiger partial charge is 0.339 e. The SMILES string of the molecule is CCc1ccc(-c2ncc(C(=O)NC3CCC(=O)NC3=O)s2)cc1. The molecule has 2 heterocycles. The van der Waals surface area contributed by atoms with E-state index in [0.717, 1.165) is 17.0 Å². The van der Waals surface area contributed by atoms with Gasteiger partial charge in [-0.05, 0) is 18.4 Å². The van der Waals surface area contributed by atoms with Crippen molar-refractivity contribution in [2.24, 2.45) is 0 Å². The van der Waals surface area contributed by atoms with Crippen molar-refractivity contribution in [1.82, 2.24) is 15.6 Å². The maximum absolute atomic E-state index is 12.3. The molecule has 1 aromatic heterocycles. The fourth-order valence-corrected chi connectivity index (χ4v) is 3.28. The van der Waals surface area contributed by atoms with E-state index in [9.17, 15) is 14.4 Å². The van der Waals surface area contributed by atoms with Crippen molar-refractivity contribution in [3.8, 4) is 10.6 Å². The Balaban J connectivity index is 1.69. The molecule has 0 spiro atoms. The first-order valence-corrected chi connectivity index (χ1v) is 8.58. The van der Waals surface area contributed by atoms with Crippen LogP contribution >= 0.6 is 11.3 Å². The lowest BCUT2D eigenvalue weighted by molar-refractivity contribution is -0.134. The smallest absolute Gasteiger partial charge is 0.263 e. The molecule has 0 saturated carbocycles. The summed E-state index contributed by atoms with van der Waals surface area (Å²) in [6.07, 6.45) is 3.03. The van der Waals surface area contributed by atoms with Crippen LogP contribution < -0.4 is 10.6 Å². The fourth-order valence-electron chi connectivity index (χ4n) is 2.46. The topological polar surface area (TPSA) is 88.2 Å². The summed E-state index contributed by atoms with van der Waals surface area (Å²) in [6, 6.07) is 7.38. The molecule has 1 aromatic carbocycles. The quantitative estimate of drug-likeness (QED) is 0.830. The van der Waals surface area contributed by atoms with E-state index >= 15 is 0 Å². The van der Waals surface area contributed by atoms with Gasteiger partial charge in [0.25, 0.3) is 5.91 Å². The molecular formula is C17H17N3O3S. The number of carbonyl (C=O) groups is 3. The zero-order chi connectivity index (χ0) is 17.1. The van der Waals surface area contributed by atoms with Crippen LogP contribution in [0.5, 0.6) is 0 Å². The molecule has 1 saturated heterocycles. The predicted molar refractivity (Wildman–Crippen MR) is 90.6 cm³/mol. The minimum Gasteiger partial charge on any atom is -0.339 e. The molecule has 3 rings (SSSR count). The summed E-state index contributed by atoms with van der Waals surface area (Å²) in [7, 11) is 0.